The summed E-state index contributed by atoms with van der Waals surface area (Å²) in [7, 11) is 2.05. The van der Waals surface area contributed by atoms with E-state index in [0.29, 0.717) is 12.1 Å². The highest BCUT2D eigenvalue weighted by Gasteiger charge is 2.38. The molecule has 0 radical (unpaired) electrons. The molecular formula is C35H42N10O4. The molecule has 14 heteroatoms. The van der Waals surface area contributed by atoms with Gasteiger partial charge < -0.3 is 37.4 Å². The van der Waals surface area contributed by atoms with Gasteiger partial charge in [-0.3, -0.25) is 19.2 Å². The zero-order valence-corrected chi connectivity index (χ0v) is 27.6. The molecule has 1 atom stereocenters. The van der Waals surface area contributed by atoms with Gasteiger partial charge in [0.15, 0.2) is 5.69 Å². The second kappa shape index (κ2) is 12.9. The molecule has 3 aromatic rings. The van der Waals surface area contributed by atoms with Crippen LogP contribution in [0.1, 0.15) is 72.9 Å². The minimum absolute atomic E-state index is 0.000296. The van der Waals surface area contributed by atoms with Crippen molar-refractivity contribution in [2.24, 2.45) is 17.4 Å². The zero-order valence-electron chi connectivity index (χ0n) is 27.6. The Morgan fingerprint density at radius 1 is 1.06 bits per heavy atom. The maximum atomic E-state index is 13.1. The fourth-order valence-corrected chi connectivity index (χ4v) is 6.80. The highest BCUT2D eigenvalue weighted by Crippen LogP contribution is 2.49. The Bertz CT molecular complexity index is 1870. The van der Waals surface area contributed by atoms with Crippen molar-refractivity contribution in [1.29, 1.82) is 0 Å². The van der Waals surface area contributed by atoms with E-state index in [1.807, 2.05) is 31.4 Å². The molecule has 14 nitrogen and oxygen atoms in total. The number of allylic oxidation sites excluding steroid dienone is 1. The minimum atomic E-state index is -1.03. The third-order valence-electron chi connectivity index (χ3n) is 9.69. The molecule has 8 N–H and O–H groups in total. The number of hydrogen-bond donors (Lipinski definition) is 6. The number of carboxylic acid groups (broad SMARTS) is 1. The Labute approximate surface area is 284 Å². The van der Waals surface area contributed by atoms with Gasteiger partial charge in [-0.2, -0.15) is 5.10 Å². The van der Waals surface area contributed by atoms with E-state index in [1.54, 1.807) is 6.07 Å². The molecule has 7 rings (SSSR count). The number of carboxylic acids is 1. The smallest absolute Gasteiger partial charge is 0.354 e. The van der Waals surface area contributed by atoms with Crippen molar-refractivity contribution in [3.8, 4) is 11.1 Å². The van der Waals surface area contributed by atoms with Crippen LogP contribution >= 0.6 is 0 Å². The van der Waals surface area contributed by atoms with Crippen LogP contribution in [0.4, 0.5) is 11.4 Å². The number of fused-ring (bicyclic) bond motifs is 3. The number of nitrogens with one attached hydrogen (secondary N) is 3. The second-order valence-electron chi connectivity index (χ2n) is 13.4. The highest BCUT2D eigenvalue weighted by molar-refractivity contribution is 5.96. The van der Waals surface area contributed by atoms with Crippen LogP contribution < -0.4 is 32.3 Å². The zero-order chi connectivity index (χ0) is 34.4. The molecule has 1 unspecified atom stereocenters. The summed E-state index contributed by atoms with van der Waals surface area (Å²) in [5.41, 5.74) is 18.5. The molecule has 2 aromatic heterocycles. The summed E-state index contributed by atoms with van der Waals surface area (Å²) < 4.78 is 2.12. The van der Waals surface area contributed by atoms with Gasteiger partial charge in [-0.25, -0.2) is 9.78 Å². The van der Waals surface area contributed by atoms with Crippen molar-refractivity contribution in [1.82, 2.24) is 30.3 Å². The topological polar surface area (TPSA) is 197 Å². The number of carbonyl (C=O) groups excluding carboxylic acids is 2. The van der Waals surface area contributed by atoms with E-state index in [4.69, 9.17) is 16.6 Å². The standard InChI is InChI=1S/C35H42N10O4/c1-3-27-32-24(15-39-45(32)22-17-44(18-22)16-20-6-5-13-38-30(20)35(48)49)23-7-4-8-25(31(23)43(27)2)41-26(29(37)34(47)40-21-11-12-21)14-28(36)42-33(46)19-9-10-19/h4-8,13-15,19,21-22,27,41H,3,9-12,16-18,36-37H2,1-2H3,(H,40,47)(H,42,46)(H,48,49)/b28-14+,29-26+. The number of nitrogens with zero attached hydrogens (tertiary/aromatic N) is 5. The van der Waals surface area contributed by atoms with E-state index in [0.717, 1.165) is 73.4 Å². The SMILES string of the molecule is CCC1c2c(cnn2C2CN(Cc3cccnc3C(=O)O)C2)-c2cccc(NC(/C=C(\N)NC(=O)C3CC3)=C(/N)C(=O)NC3CC3)c2N1C. The molecule has 2 amide bonds. The molecule has 256 valence electrons. The number of aromatic nitrogens is 3. The Hall–Kier alpha value is -5.37. The molecule has 2 aliphatic heterocycles. The predicted molar refractivity (Wildman–Crippen MR) is 184 cm³/mol. The van der Waals surface area contributed by atoms with Gasteiger partial charge in [-0.15, -0.1) is 0 Å². The lowest BCUT2D eigenvalue weighted by Crippen LogP contribution is -2.48. The van der Waals surface area contributed by atoms with Crippen molar-refractivity contribution in [2.75, 3.05) is 30.4 Å². The van der Waals surface area contributed by atoms with Crippen molar-refractivity contribution in [3.63, 3.8) is 0 Å². The Morgan fingerprint density at radius 2 is 1.84 bits per heavy atom. The van der Waals surface area contributed by atoms with Gasteiger partial charge in [-0.1, -0.05) is 25.1 Å². The van der Waals surface area contributed by atoms with Gasteiger partial charge >= 0.3 is 5.97 Å². The summed E-state index contributed by atoms with van der Waals surface area (Å²) in [5, 5.41) is 23.5. The lowest BCUT2D eigenvalue weighted by atomic mass is 9.91. The number of para-hydroxylation sites is 1. The van der Waals surface area contributed by atoms with E-state index in [9.17, 15) is 19.5 Å². The Morgan fingerprint density at radius 3 is 2.53 bits per heavy atom. The molecule has 4 heterocycles. The number of aromatic carboxylic acids is 1. The fraction of sp³-hybridized carbons (Fsp3) is 0.400. The molecular weight excluding hydrogens is 624 g/mol. The summed E-state index contributed by atoms with van der Waals surface area (Å²) in [6.07, 6.45) is 9.24. The Kier molecular flexibility index (Phi) is 8.49. The van der Waals surface area contributed by atoms with Crippen LogP contribution in [0, 0.1) is 5.92 Å². The average Bonchev–Trinajstić information content (AvgIpc) is 4.01. The molecule has 4 aliphatic rings. The van der Waals surface area contributed by atoms with Crippen molar-refractivity contribution in [2.45, 2.75) is 63.7 Å². The van der Waals surface area contributed by atoms with E-state index in [-0.39, 0.29) is 52.9 Å². The summed E-state index contributed by atoms with van der Waals surface area (Å²) in [4.78, 5) is 45.7. The van der Waals surface area contributed by atoms with Crippen LogP contribution in [-0.4, -0.2) is 68.7 Å². The third-order valence-corrected chi connectivity index (χ3v) is 9.69. The van der Waals surface area contributed by atoms with Crippen LogP contribution in [0.15, 0.2) is 66.0 Å². The summed E-state index contributed by atoms with van der Waals surface area (Å²) in [6.45, 7) is 4.12. The first-order valence-electron chi connectivity index (χ1n) is 16.8. The molecule has 1 saturated heterocycles. The van der Waals surface area contributed by atoms with Crippen molar-refractivity contribution >= 4 is 29.2 Å². The van der Waals surface area contributed by atoms with Crippen molar-refractivity contribution in [3.05, 3.63) is 83.0 Å². The second-order valence-corrected chi connectivity index (χ2v) is 13.4. The number of likely N-dealkylation sites (tertiary alicyclic amines) is 1. The number of rotatable bonds is 12. The normalized spacial score (nSPS) is 19.7. The first kappa shape index (κ1) is 32.2. The van der Waals surface area contributed by atoms with Gasteiger partial charge in [0.1, 0.15) is 11.5 Å². The van der Waals surface area contributed by atoms with Crippen LogP contribution in [0.25, 0.3) is 11.1 Å². The number of amides is 2. The van der Waals surface area contributed by atoms with Crippen LogP contribution in [0.3, 0.4) is 0 Å². The average molecular weight is 667 g/mol. The number of pyridine rings is 1. The molecule has 0 bridgehead atoms. The number of carbonyl (C=O) groups is 3. The van der Waals surface area contributed by atoms with E-state index >= 15 is 0 Å². The first-order valence-corrected chi connectivity index (χ1v) is 16.8. The van der Waals surface area contributed by atoms with Crippen LogP contribution in [0.5, 0.6) is 0 Å². The monoisotopic (exact) mass is 666 g/mol. The van der Waals surface area contributed by atoms with E-state index in [2.05, 4.69) is 48.4 Å². The van der Waals surface area contributed by atoms with Crippen molar-refractivity contribution < 1.29 is 19.5 Å². The molecule has 3 fully saturated rings. The maximum Gasteiger partial charge on any atom is 0.354 e. The lowest BCUT2D eigenvalue weighted by Gasteiger charge is -2.43. The lowest BCUT2D eigenvalue weighted by molar-refractivity contribution is -0.121. The summed E-state index contributed by atoms with van der Waals surface area (Å²) >= 11 is 0. The van der Waals surface area contributed by atoms with Crippen LogP contribution in [-0.2, 0) is 16.1 Å². The number of benzene rings is 1. The molecule has 0 spiro atoms. The molecule has 2 aliphatic carbocycles. The quantitative estimate of drug-likeness (QED) is 0.123. The fourth-order valence-electron chi connectivity index (χ4n) is 6.80. The maximum absolute atomic E-state index is 13.1. The highest BCUT2D eigenvalue weighted by atomic mass is 16.4. The molecule has 49 heavy (non-hydrogen) atoms. The Balaban J connectivity index is 1.17. The third kappa shape index (κ3) is 6.43. The summed E-state index contributed by atoms with van der Waals surface area (Å²) in [5.74, 6) is -1.49. The largest absolute Gasteiger partial charge is 0.477 e. The first-order chi connectivity index (χ1) is 23.6. The van der Waals surface area contributed by atoms with Gasteiger partial charge in [0.05, 0.1) is 41.0 Å². The minimum Gasteiger partial charge on any atom is -0.477 e. The van der Waals surface area contributed by atoms with Gasteiger partial charge in [0, 0.05) is 62.0 Å². The van der Waals surface area contributed by atoms with Gasteiger partial charge in [0.2, 0.25) is 5.91 Å². The predicted octanol–water partition coefficient (Wildman–Crippen LogP) is 2.79. The number of nitrogens with two attached hydrogens (primary N) is 2. The van der Waals surface area contributed by atoms with Crippen LogP contribution in [0.2, 0.25) is 0 Å². The number of hydrogen-bond acceptors (Lipinski definition) is 10. The van der Waals surface area contributed by atoms with Gasteiger partial charge in [0.25, 0.3) is 5.91 Å². The van der Waals surface area contributed by atoms with E-state index in [1.165, 1.54) is 12.3 Å². The summed E-state index contributed by atoms with van der Waals surface area (Å²) in [6, 6.07) is 9.76. The number of anilines is 2. The van der Waals surface area contributed by atoms with Gasteiger partial charge in [-0.05, 0) is 49.8 Å². The molecule has 2 saturated carbocycles. The molecule has 1 aromatic carbocycles. The van der Waals surface area contributed by atoms with E-state index < -0.39 is 11.9 Å².